The van der Waals surface area contributed by atoms with Gasteiger partial charge >= 0.3 is 17.6 Å². The molecule has 0 bridgehead atoms. The molecule has 0 atom stereocenters. The minimum absolute atomic E-state index is 0.0839. The number of hydrogen-bond donors (Lipinski definition) is 2. The Morgan fingerprint density at radius 1 is 0.739 bits per heavy atom. The average Bonchev–Trinajstić information content (AvgIpc) is 3.33. The molecule has 0 aliphatic carbocycles. The first-order valence-corrected chi connectivity index (χ1v) is 14.7. The van der Waals surface area contributed by atoms with Gasteiger partial charge in [-0.15, -0.1) is 0 Å². The number of piperazine rings is 1. The molecule has 11 nitrogen and oxygen atoms in total. The first kappa shape index (κ1) is 30.2. The lowest BCUT2D eigenvalue weighted by Crippen LogP contribution is -2.44. The Kier molecular flexibility index (Phi) is 8.32. The number of benzene rings is 3. The molecule has 0 saturated carbocycles. The molecule has 1 saturated heterocycles. The molecule has 11 heteroatoms. The topological polar surface area (TPSA) is 134 Å². The Bertz CT molecular complexity index is 2160. The Morgan fingerprint density at radius 2 is 1.39 bits per heavy atom. The molecule has 3 aromatic heterocycles. The molecule has 7 rings (SSSR count). The number of fused-ring (bicyclic) bond motifs is 4. The molecule has 0 spiro atoms. The van der Waals surface area contributed by atoms with Crippen LogP contribution in [0.3, 0.4) is 0 Å². The highest BCUT2D eigenvalue weighted by molar-refractivity contribution is 6.05. The lowest BCUT2D eigenvalue weighted by Gasteiger charge is -2.34. The number of likely N-dealkylation sites (N-methyl/N-ethyl adjacent to an activating group) is 1. The van der Waals surface area contributed by atoms with Gasteiger partial charge in [-0.05, 0) is 61.1 Å². The second kappa shape index (κ2) is 12.7. The summed E-state index contributed by atoms with van der Waals surface area (Å²) in [5, 5.41) is 17.7. The van der Waals surface area contributed by atoms with Crippen LogP contribution in [0.25, 0.3) is 49.7 Å². The summed E-state index contributed by atoms with van der Waals surface area (Å²) in [5.41, 5.74) is 7.52. The third kappa shape index (κ3) is 6.08. The van der Waals surface area contributed by atoms with Gasteiger partial charge in [0.2, 0.25) is 0 Å². The number of carbonyl (C=O) groups is 2. The minimum Gasteiger partial charge on any atom is -0.478 e. The fourth-order valence-corrected chi connectivity index (χ4v) is 5.66. The van der Waals surface area contributed by atoms with Crippen LogP contribution in [-0.4, -0.2) is 79.4 Å². The van der Waals surface area contributed by atoms with Crippen molar-refractivity contribution in [2.24, 2.45) is 7.05 Å². The second-order valence-electron chi connectivity index (χ2n) is 11.1. The third-order valence-electron chi connectivity index (χ3n) is 8.15. The first-order valence-electron chi connectivity index (χ1n) is 14.7. The zero-order chi connectivity index (χ0) is 32.4. The van der Waals surface area contributed by atoms with Crippen molar-refractivity contribution < 1.29 is 19.8 Å². The molecule has 0 amide bonds. The molecule has 6 aromatic rings. The van der Waals surface area contributed by atoms with Crippen LogP contribution in [0.15, 0.2) is 102 Å². The van der Waals surface area contributed by atoms with E-state index in [0.29, 0.717) is 12.2 Å². The molecule has 1 aliphatic rings. The average molecular weight is 617 g/mol. The number of carboxylic acid groups (broad SMARTS) is 2. The van der Waals surface area contributed by atoms with E-state index in [4.69, 9.17) is 10.2 Å². The maximum atomic E-state index is 13.5. The standard InChI is InChI=1S/C31H28N6O.C4H4O4/c1-34-13-15-36(16-14-34)24-8-10-25(11-9-24)37-30-26-18-21(23-17-22-5-3-4-6-27(22)32-19-23)7-12-28(26)33-20-29(30)35(2)31(37)38;5-3(6)1-2-4(7)8/h3-12,17-20H,13-16H2,1-2H3;1-2H,(H,5,6)(H,7,8). The van der Waals surface area contributed by atoms with Crippen LogP contribution < -0.4 is 10.6 Å². The number of pyridine rings is 2. The van der Waals surface area contributed by atoms with Crippen LogP contribution in [0.1, 0.15) is 0 Å². The van der Waals surface area contributed by atoms with E-state index in [1.54, 1.807) is 10.8 Å². The van der Waals surface area contributed by atoms with Crippen molar-refractivity contribution in [1.82, 2.24) is 24.0 Å². The van der Waals surface area contributed by atoms with Gasteiger partial charge in [-0.25, -0.2) is 14.4 Å². The van der Waals surface area contributed by atoms with E-state index in [0.717, 1.165) is 75.8 Å². The summed E-state index contributed by atoms with van der Waals surface area (Å²) < 4.78 is 3.50. The van der Waals surface area contributed by atoms with Gasteiger partial charge in [-0.3, -0.25) is 19.1 Å². The van der Waals surface area contributed by atoms with E-state index >= 15 is 0 Å². The Hall–Kier alpha value is -5.81. The van der Waals surface area contributed by atoms with Crippen molar-refractivity contribution in [3.8, 4) is 16.8 Å². The maximum Gasteiger partial charge on any atom is 0.333 e. The summed E-state index contributed by atoms with van der Waals surface area (Å²) in [6, 6.07) is 24.9. The number of rotatable bonds is 5. The Balaban J connectivity index is 0.000000414. The molecule has 4 heterocycles. The minimum atomic E-state index is -1.26. The smallest absolute Gasteiger partial charge is 0.333 e. The molecule has 2 N–H and O–H groups in total. The van der Waals surface area contributed by atoms with Crippen LogP contribution in [-0.2, 0) is 16.6 Å². The number of aryl methyl sites for hydroxylation is 1. The highest BCUT2D eigenvalue weighted by Gasteiger charge is 2.18. The number of para-hydroxylation sites is 1. The zero-order valence-electron chi connectivity index (χ0n) is 25.4. The second-order valence-corrected chi connectivity index (χ2v) is 11.1. The van der Waals surface area contributed by atoms with Crippen LogP contribution in [0, 0.1) is 0 Å². The van der Waals surface area contributed by atoms with Gasteiger partial charge in [0.1, 0.15) is 0 Å². The summed E-state index contributed by atoms with van der Waals surface area (Å²) in [5.74, 6) is -2.51. The molecule has 1 fully saturated rings. The molecule has 232 valence electrons. The fraction of sp³-hybridized carbons (Fsp3) is 0.171. The normalized spacial score (nSPS) is 13.7. The molecule has 1 aliphatic heterocycles. The van der Waals surface area contributed by atoms with Gasteiger partial charge in [0.25, 0.3) is 0 Å². The van der Waals surface area contributed by atoms with Crippen molar-refractivity contribution >= 4 is 50.5 Å². The Morgan fingerprint density at radius 3 is 2.09 bits per heavy atom. The van der Waals surface area contributed by atoms with Crippen LogP contribution in [0.5, 0.6) is 0 Å². The van der Waals surface area contributed by atoms with Crippen molar-refractivity contribution in [2.75, 3.05) is 38.1 Å². The highest BCUT2D eigenvalue weighted by Crippen LogP contribution is 2.31. The van der Waals surface area contributed by atoms with Gasteiger partial charge in [-0.1, -0.05) is 24.3 Å². The van der Waals surface area contributed by atoms with Crippen molar-refractivity contribution in [1.29, 1.82) is 0 Å². The highest BCUT2D eigenvalue weighted by atomic mass is 16.4. The lowest BCUT2D eigenvalue weighted by molar-refractivity contribution is -0.134. The molecule has 0 unspecified atom stereocenters. The van der Waals surface area contributed by atoms with Gasteiger partial charge in [0.05, 0.1) is 34.0 Å². The van der Waals surface area contributed by atoms with Gasteiger partial charge < -0.3 is 20.0 Å². The fourth-order valence-electron chi connectivity index (χ4n) is 5.66. The maximum absolute atomic E-state index is 13.5. The summed E-state index contributed by atoms with van der Waals surface area (Å²) in [7, 11) is 3.97. The number of aliphatic carboxylic acids is 2. The molecular weight excluding hydrogens is 584 g/mol. The number of imidazole rings is 1. The van der Waals surface area contributed by atoms with Crippen LogP contribution in [0.2, 0.25) is 0 Å². The molecule has 3 aromatic carbocycles. The SMILES string of the molecule is CN1CCN(c2ccc(-n3c(=O)n(C)c4cnc5ccc(-c6cnc7ccccc7c6)cc5c43)cc2)CC1.O=C(O)C=CC(=O)O. The summed E-state index contributed by atoms with van der Waals surface area (Å²) in [4.78, 5) is 46.7. The quantitative estimate of drug-likeness (QED) is 0.268. The molecule has 46 heavy (non-hydrogen) atoms. The predicted molar refractivity (Wildman–Crippen MR) is 179 cm³/mol. The van der Waals surface area contributed by atoms with Gasteiger partial charge in [-0.2, -0.15) is 0 Å². The number of aromatic nitrogens is 4. The van der Waals surface area contributed by atoms with E-state index in [-0.39, 0.29) is 5.69 Å². The van der Waals surface area contributed by atoms with Gasteiger partial charge in [0.15, 0.2) is 0 Å². The molecular formula is C35H32N6O5. The van der Waals surface area contributed by atoms with Crippen LogP contribution in [0.4, 0.5) is 5.69 Å². The monoisotopic (exact) mass is 616 g/mol. The predicted octanol–water partition coefficient (Wildman–Crippen LogP) is 4.56. The van der Waals surface area contributed by atoms with E-state index < -0.39 is 11.9 Å². The van der Waals surface area contributed by atoms with Crippen molar-refractivity contribution in [3.05, 3.63) is 108 Å². The number of nitrogens with zero attached hydrogens (tertiary/aromatic N) is 6. The number of hydrogen-bond acceptors (Lipinski definition) is 7. The van der Waals surface area contributed by atoms with Crippen molar-refractivity contribution in [2.45, 2.75) is 0 Å². The molecule has 0 radical (unpaired) electrons. The van der Waals surface area contributed by atoms with Crippen LogP contribution >= 0.6 is 0 Å². The van der Waals surface area contributed by atoms with E-state index in [1.807, 2.05) is 42.1 Å². The summed E-state index contributed by atoms with van der Waals surface area (Å²) in [6.45, 7) is 4.12. The van der Waals surface area contributed by atoms with Gasteiger partial charge in [0, 0.05) is 73.6 Å². The third-order valence-corrected chi connectivity index (χ3v) is 8.15. The van der Waals surface area contributed by atoms with Crippen molar-refractivity contribution in [3.63, 3.8) is 0 Å². The first-order chi connectivity index (χ1) is 22.2. The summed E-state index contributed by atoms with van der Waals surface area (Å²) in [6.07, 6.45) is 4.82. The van der Waals surface area contributed by atoms with E-state index in [1.165, 1.54) is 5.69 Å². The van der Waals surface area contributed by atoms with E-state index in [9.17, 15) is 14.4 Å². The summed E-state index contributed by atoms with van der Waals surface area (Å²) >= 11 is 0. The lowest BCUT2D eigenvalue weighted by atomic mass is 10.0. The van der Waals surface area contributed by atoms with E-state index in [2.05, 4.69) is 75.3 Å². The number of anilines is 1. The number of carboxylic acids is 2. The largest absolute Gasteiger partial charge is 0.478 e. The zero-order valence-corrected chi connectivity index (χ0v) is 25.4. The Labute approximate surface area is 263 Å².